The second kappa shape index (κ2) is 4.05. The normalized spacial score (nSPS) is 10.6. The van der Waals surface area contributed by atoms with E-state index < -0.39 is 0 Å². The lowest BCUT2D eigenvalue weighted by molar-refractivity contribution is 0.112. The van der Waals surface area contributed by atoms with Gasteiger partial charge in [0.2, 0.25) is 0 Å². The summed E-state index contributed by atoms with van der Waals surface area (Å²) in [4.78, 5) is 12.1. The zero-order valence-corrected chi connectivity index (χ0v) is 6.80. The first kappa shape index (κ1) is 8.17. The van der Waals surface area contributed by atoms with Gasteiger partial charge in [-0.05, 0) is 18.2 Å². The summed E-state index contributed by atoms with van der Waals surface area (Å²) in [6, 6.07) is 3.70. The molecule has 2 N–H and O–H groups in total. The van der Waals surface area contributed by atoms with Crippen molar-refractivity contribution in [3.8, 4) is 0 Å². The lowest BCUT2D eigenvalue weighted by Crippen LogP contribution is -1.91. The minimum absolute atomic E-state index is 0.536. The van der Waals surface area contributed by atoms with Crippen LogP contribution < -0.4 is 5.73 Å². The van der Waals surface area contributed by atoms with Gasteiger partial charge in [0.25, 0.3) is 0 Å². The molecule has 58 valence electrons. The molecule has 0 spiro atoms. The van der Waals surface area contributed by atoms with E-state index in [9.17, 15) is 4.79 Å². The molecular weight excluding hydrogens is 158 g/mol. The summed E-state index contributed by atoms with van der Waals surface area (Å²) in [7, 11) is 0. The quantitative estimate of drug-likeness (QED) is 0.694. The molecule has 0 aliphatic heterocycles. The molecular formula is C8H9NOS. The van der Waals surface area contributed by atoms with E-state index in [0.29, 0.717) is 6.54 Å². The Morgan fingerprint density at radius 3 is 2.73 bits per heavy atom. The van der Waals surface area contributed by atoms with E-state index in [-0.39, 0.29) is 0 Å². The first-order valence-corrected chi connectivity index (χ1v) is 4.10. The molecule has 0 bridgehead atoms. The molecule has 1 heterocycles. The van der Waals surface area contributed by atoms with Crippen LogP contribution in [0.25, 0.3) is 6.08 Å². The first-order chi connectivity index (χ1) is 5.36. The summed E-state index contributed by atoms with van der Waals surface area (Å²) in [5.74, 6) is 0. The van der Waals surface area contributed by atoms with Crippen LogP contribution in [0.3, 0.4) is 0 Å². The summed E-state index contributed by atoms with van der Waals surface area (Å²) in [6.45, 7) is 0.536. The number of carbonyl (C=O) groups excluding carboxylic acids is 1. The van der Waals surface area contributed by atoms with Gasteiger partial charge in [0.1, 0.15) is 0 Å². The molecule has 0 amide bonds. The van der Waals surface area contributed by atoms with E-state index in [1.807, 2.05) is 18.2 Å². The van der Waals surface area contributed by atoms with Crippen molar-refractivity contribution < 1.29 is 4.79 Å². The lowest BCUT2D eigenvalue weighted by Gasteiger charge is -1.80. The van der Waals surface area contributed by atoms with Gasteiger partial charge in [0.05, 0.1) is 4.88 Å². The van der Waals surface area contributed by atoms with Crippen LogP contribution in [0.4, 0.5) is 0 Å². The van der Waals surface area contributed by atoms with E-state index in [1.165, 1.54) is 11.3 Å². The van der Waals surface area contributed by atoms with Gasteiger partial charge in [0.15, 0.2) is 6.29 Å². The first-order valence-electron chi connectivity index (χ1n) is 3.28. The highest BCUT2D eigenvalue weighted by Gasteiger charge is 1.93. The van der Waals surface area contributed by atoms with Crippen LogP contribution in [0.5, 0.6) is 0 Å². The van der Waals surface area contributed by atoms with Crippen molar-refractivity contribution in [1.29, 1.82) is 0 Å². The lowest BCUT2D eigenvalue weighted by atomic mass is 10.4. The van der Waals surface area contributed by atoms with Crippen molar-refractivity contribution in [2.75, 3.05) is 6.54 Å². The van der Waals surface area contributed by atoms with Crippen LogP contribution in [0, 0.1) is 0 Å². The summed E-state index contributed by atoms with van der Waals surface area (Å²) in [5, 5.41) is 0. The molecule has 1 aromatic heterocycles. The maximum Gasteiger partial charge on any atom is 0.160 e. The summed E-state index contributed by atoms with van der Waals surface area (Å²) < 4.78 is 0. The third kappa shape index (κ3) is 2.29. The minimum atomic E-state index is 0.536. The van der Waals surface area contributed by atoms with Crippen LogP contribution >= 0.6 is 11.3 Å². The molecule has 2 nitrogen and oxygen atoms in total. The summed E-state index contributed by atoms with van der Waals surface area (Å²) in [5.41, 5.74) is 5.26. The average Bonchev–Trinajstić information content (AvgIpc) is 2.48. The van der Waals surface area contributed by atoms with Crippen LogP contribution in [-0.2, 0) is 0 Å². The van der Waals surface area contributed by atoms with E-state index in [0.717, 1.165) is 16.0 Å². The van der Waals surface area contributed by atoms with Crippen molar-refractivity contribution in [3.63, 3.8) is 0 Å². The van der Waals surface area contributed by atoms with Crippen LogP contribution in [0.15, 0.2) is 18.2 Å². The zero-order valence-electron chi connectivity index (χ0n) is 5.99. The number of hydrogen-bond acceptors (Lipinski definition) is 3. The molecule has 1 aromatic rings. The maximum absolute atomic E-state index is 10.3. The Hall–Kier alpha value is -0.930. The van der Waals surface area contributed by atoms with Gasteiger partial charge in [-0.2, -0.15) is 0 Å². The highest BCUT2D eigenvalue weighted by molar-refractivity contribution is 7.14. The topological polar surface area (TPSA) is 43.1 Å². The van der Waals surface area contributed by atoms with Gasteiger partial charge < -0.3 is 5.73 Å². The summed E-state index contributed by atoms with van der Waals surface area (Å²) in [6.07, 6.45) is 4.63. The third-order valence-corrected chi connectivity index (χ3v) is 2.16. The van der Waals surface area contributed by atoms with Gasteiger partial charge in [-0.1, -0.05) is 6.08 Å². The zero-order chi connectivity index (χ0) is 8.10. The fraction of sp³-hybridized carbons (Fsp3) is 0.125. The van der Waals surface area contributed by atoms with Gasteiger partial charge in [0, 0.05) is 11.4 Å². The molecule has 0 saturated heterocycles. The predicted octanol–water partition coefficient (Wildman–Crippen LogP) is 1.53. The minimum Gasteiger partial charge on any atom is -0.327 e. The predicted molar refractivity (Wildman–Crippen MR) is 47.8 cm³/mol. The standard InChI is InChI=1S/C8H9NOS/c9-5-1-2-7-3-4-8(6-10)11-7/h1-4,6H,5,9H2. The SMILES string of the molecule is NCC=Cc1ccc(C=O)s1. The van der Waals surface area contributed by atoms with Crippen molar-refractivity contribution in [2.45, 2.75) is 0 Å². The van der Waals surface area contributed by atoms with Gasteiger partial charge in [-0.25, -0.2) is 0 Å². The Morgan fingerprint density at radius 1 is 1.45 bits per heavy atom. The Balaban J connectivity index is 2.72. The van der Waals surface area contributed by atoms with Crippen molar-refractivity contribution >= 4 is 23.7 Å². The molecule has 3 heteroatoms. The molecule has 0 saturated carbocycles. The fourth-order valence-electron chi connectivity index (χ4n) is 0.706. The fourth-order valence-corrected chi connectivity index (χ4v) is 1.46. The van der Waals surface area contributed by atoms with Crippen LogP contribution in [0.2, 0.25) is 0 Å². The van der Waals surface area contributed by atoms with E-state index in [2.05, 4.69) is 0 Å². The molecule has 0 aromatic carbocycles. The Bertz CT molecular complexity index is 265. The molecule has 0 atom stereocenters. The number of thiophene rings is 1. The maximum atomic E-state index is 10.3. The molecule has 0 fully saturated rings. The number of hydrogen-bond donors (Lipinski definition) is 1. The van der Waals surface area contributed by atoms with Gasteiger partial charge >= 0.3 is 0 Å². The molecule has 0 aliphatic rings. The molecule has 0 radical (unpaired) electrons. The molecule has 11 heavy (non-hydrogen) atoms. The Kier molecular flexibility index (Phi) is 3.01. The smallest absolute Gasteiger partial charge is 0.160 e. The van der Waals surface area contributed by atoms with Crippen molar-refractivity contribution in [1.82, 2.24) is 0 Å². The van der Waals surface area contributed by atoms with Crippen molar-refractivity contribution in [3.05, 3.63) is 28.0 Å². The highest BCUT2D eigenvalue weighted by atomic mass is 32.1. The number of carbonyl (C=O) groups is 1. The number of rotatable bonds is 3. The van der Waals surface area contributed by atoms with Gasteiger partial charge in [-0.15, -0.1) is 11.3 Å². The number of nitrogens with two attached hydrogens (primary N) is 1. The number of aldehydes is 1. The van der Waals surface area contributed by atoms with E-state index >= 15 is 0 Å². The largest absolute Gasteiger partial charge is 0.327 e. The molecule has 1 rings (SSSR count). The second-order valence-corrected chi connectivity index (χ2v) is 3.14. The van der Waals surface area contributed by atoms with E-state index in [1.54, 1.807) is 6.07 Å². The van der Waals surface area contributed by atoms with Crippen LogP contribution in [0.1, 0.15) is 14.5 Å². The second-order valence-electron chi connectivity index (χ2n) is 2.00. The van der Waals surface area contributed by atoms with Crippen molar-refractivity contribution in [2.24, 2.45) is 5.73 Å². The monoisotopic (exact) mass is 167 g/mol. The average molecular weight is 167 g/mol. The van der Waals surface area contributed by atoms with Crippen LogP contribution in [-0.4, -0.2) is 12.8 Å². The molecule has 0 unspecified atom stereocenters. The Labute approximate surface area is 69.3 Å². The van der Waals surface area contributed by atoms with E-state index in [4.69, 9.17) is 5.73 Å². The van der Waals surface area contributed by atoms with Gasteiger partial charge in [-0.3, -0.25) is 4.79 Å². The summed E-state index contributed by atoms with van der Waals surface area (Å²) >= 11 is 1.46. The highest BCUT2D eigenvalue weighted by Crippen LogP contribution is 2.15. The Morgan fingerprint density at radius 2 is 2.18 bits per heavy atom. The molecule has 0 aliphatic carbocycles. The third-order valence-electron chi connectivity index (χ3n) is 1.18.